The van der Waals surface area contributed by atoms with E-state index in [9.17, 15) is 19.7 Å². The summed E-state index contributed by atoms with van der Waals surface area (Å²) >= 11 is 0. The van der Waals surface area contributed by atoms with E-state index in [1.54, 1.807) is 12.1 Å². The third-order valence-electron chi connectivity index (χ3n) is 6.75. The van der Waals surface area contributed by atoms with Gasteiger partial charge in [-0.2, -0.15) is 0 Å². The molecule has 7 heteroatoms. The third kappa shape index (κ3) is 5.23. The molecule has 2 aliphatic heterocycles. The number of aliphatic hydroxyl groups excluding tert-OH is 1. The molecule has 174 valence electrons. The first-order valence-electron chi connectivity index (χ1n) is 11.3. The molecule has 0 saturated carbocycles. The summed E-state index contributed by atoms with van der Waals surface area (Å²) in [5, 5.41) is 32.8. The number of ether oxygens (including phenoxy) is 1. The molecule has 0 bridgehead atoms. The number of rotatable bonds is 6. The highest BCUT2D eigenvalue weighted by Crippen LogP contribution is 2.31. The summed E-state index contributed by atoms with van der Waals surface area (Å²) in [5.41, 5.74) is -0.636. The lowest BCUT2D eigenvalue weighted by Gasteiger charge is -2.46. The summed E-state index contributed by atoms with van der Waals surface area (Å²) in [5.74, 6) is 0.397. The molecule has 0 radical (unpaired) electrons. The standard InChI is InChI=1S/C25H33FN2O4/c1-19-6-8-20(9-7-19)32-18-25(31)17-27(13-10-23(25)29)16-24(30)11-14-28(15-12-24)22-5-3-2-4-21(22)26/h2-9,23,29-31H,10-18H2,1H3/t23-,25-/m0/s1. The fourth-order valence-corrected chi connectivity index (χ4v) is 4.71. The van der Waals surface area contributed by atoms with E-state index in [0.717, 1.165) is 5.56 Å². The van der Waals surface area contributed by atoms with Crippen molar-refractivity contribution in [2.45, 2.75) is 43.5 Å². The van der Waals surface area contributed by atoms with Gasteiger partial charge in [-0.15, -0.1) is 0 Å². The first-order chi connectivity index (χ1) is 15.3. The van der Waals surface area contributed by atoms with Crippen LogP contribution in [0.25, 0.3) is 0 Å². The monoisotopic (exact) mass is 444 g/mol. The number of hydrogen-bond donors (Lipinski definition) is 3. The molecular weight excluding hydrogens is 411 g/mol. The van der Waals surface area contributed by atoms with Crippen molar-refractivity contribution in [2.75, 3.05) is 44.2 Å². The van der Waals surface area contributed by atoms with Gasteiger partial charge in [0, 0.05) is 32.7 Å². The van der Waals surface area contributed by atoms with Crippen LogP contribution in [0.5, 0.6) is 5.75 Å². The van der Waals surface area contributed by atoms with E-state index >= 15 is 0 Å². The van der Waals surface area contributed by atoms with Crippen LogP contribution in [0.15, 0.2) is 48.5 Å². The number of nitrogens with zero attached hydrogens (tertiary/aromatic N) is 2. The molecule has 2 aromatic rings. The second-order valence-electron chi connectivity index (χ2n) is 9.38. The van der Waals surface area contributed by atoms with Gasteiger partial charge in [0.1, 0.15) is 23.8 Å². The molecule has 0 aromatic heterocycles. The smallest absolute Gasteiger partial charge is 0.146 e. The van der Waals surface area contributed by atoms with Crippen molar-refractivity contribution in [3.05, 3.63) is 59.9 Å². The minimum absolute atomic E-state index is 0.0206. The maximum Gasteiger partial charge on any atom is 0.146 e. The molecule has 32 heavy (non-hydrogen) atoms. The Bertz CT molecular complexity index is 901. The van der Waals surface area contributed by atoms with Gasteiger partial charge < -0.3 is 25.0 Å². The summed E-state index contributed by atoms with van der Waals surface area (Å²) in [4.78, 5) is 3.97. The number of benzene rings is 2. The maximum atomic E-state index is 14.1. The van der Waals surface area contributed by atoms with Gasteiger partial charge in [0.2, 0.25) is 0 Å². The number of β-amino-alcohol motifs (C(OH)–C–C–N with tert-alkyl or cyclic N) is 2. The Morgan fingerprint density at radius 3 is 2.41 bits per heavy atom. The number of para-hydroxylation sites is 1. The van der Waals surface area contributed by atoms with Crippen LogP contribution in [0.2, 0.25) is 0 Å². The average molecular weight is 445 g/mol. The van der Waals surface area contributed by atoms with Gasteiger partial charge >= 0.3 is 0 Å². The van der Waals surface area contributed by atoms with Crippen molar-refractivity contribution in [1.82, 2.24) is 4.90 Å². The van der Waals surface area contributed by atoms with E-state index in [4.69, 9.17) is 4.74 Å². The van der Waals surface area contributed by atoms with Crippen molar-refractivity contribution in [1.29, 1.82) is 0 Å². The van der Waals surface area contributed by atoms with Crippen molar-refractivity contribution in [2.24, 2.45) is 0 Å². The van der Waals surface area contributed by atoms with E-state index in [-0.39, 0.29) is 19.0 Å². The number of aryl methyl sites for hydroxylation is 1. The third-order valence-corrected chi connectivity index (χ3v) is 6.75. The predicted molar refractivity (Wildman–Crippen MR) is 121 cm³/mol. The largest absolute Gasteiger partial charge is 0.490 e. The Morgan fingerprint density at radius 2 is 1.72 bits per heavy atom. The second-order valence-corrected chi connectivity index (χ2v) is 9.38. The molecule has 2 saturated heterocycles. The zero-order chi connectivity index (χ0) is 22.8. The van der Waals surface area contributed by atoms with Crippen LogP contribution < -0.4 is 9.64 Å². The van der Waals surface area contributed by atoms with E-state index in [0.29, 0.717) is 56.9 Å². The van der Waals surface area contributed by atoms with Gasteiger partial charge in [0.15, 0.2) is 0 Å². The minimum Gasteiger partial charge on any atom is -0.490 e. The zero-order valence-electron chi connectivity index (χ0n) is 18.6. The van der Waals surface area contributed by atoms with Gasteiger partial charge in [0.25, 0.3) is 0 Å². The maximum absolute atomic E-state index is 14.1. The molecule has 3 N–H and O–H groups in total. The lowest BCUT2D eigenvalue weighted by atomic mass is 9.86. The van der Waals surface area contributed by atoms with Gasteiger partial charge in [-0.1, -0.05) is 29.8 Å². The van der Waals surface area contributed by atoms with E-state index in [1.807, 2.05) is 47.1 Å². The number of aliphatic hydroxyl groups is 3. The molecule has 0 aliphatic carbocycles. The highest BCUT2D eigenvalue weighted by molar-refractivity contribution is 5.48. The second kappa shape index (κ2) is 9.35. The lowest BCUT2D eigenvalue weighted by molar-refractivity contribution is -0.149. The summed E-state index contributed by atoms with van der Waals surface area (Å²) in [6.07, 6.45) is 0.546. The Kier molecular flexibility index (Phi) is 6.72. The highest BCUT2D eigenvalue weighted by Gasteiger charge is 2.44. The molecule has 2 aromatic carbocycles. The Morgan fingerprint density at radius 1 is 1.03 bits per heavy atom. The zero-order valence-corrected chi connectivity index (χ0v) is 18.6. The topological polar surface area (TPSA) is 76.4 Å². The minimum atomic E-state index is -1.41. The Labute approximate surface area is 188 Å². The van der Waals surface area contributed by atoms with E-state index in [2.05, 4.69) is 0 Å². The van der Waals surface area contributed by atoms with Gasteiger partial charge in [-0.3, -0.25) is 4.90 Å². The van der Waals surface area contributed by atoms with Gasteiger partial charge in [0.05, 0.1) is 17.4 Å². The molecule has 0 amide bonds. The van der Waals surface area contributed by atoms with Gasteiger partial charge in [-0.05, 0) is 50.5 Å². The molecule has 0 spiro atoms. The lowest BCUT2D eigenvalue weighted by Crippen LogP contribution is -2.62. The highest BCUT2D eigenvalue weighted by atomic mass is 19.1. The summed E-state index contributed by atoms with van der Waals surface area (Å²) < 4.78 is 19.9. The Balaban J connectivity index is 1.33. The average Bonchev–Trinajstić information content (AvgIpc) is 2.77. The predicted octanol–water partition coefficient (Wildman–Crippen LogP) is 2.34. The molecule has 2 fully saturated rings. The molecule has 6 nitrogen and oxygen atoms in total. The fraction of sp³-hybridized carbons (Fsp3) is 0.520. The molecule has 2 heterocycles. The van der Waals surface area contributed by atoms with Gasteiger partial charge in [-0.25, -0.2) is 4.39 Å². The van der Waals surface area contributed by atoms with E-state index in [1.165, 1.54) is 6.07 Å². The summed E-state index contributed by atoms with van der Waals surface area (Å²) in [7, 11) is 0. The van der Waals surface area contributed by atoms with Crippen molar-refractivity contribution in [3.8, 4) is 5.75 Å². The van der Waals surface area contributed by atoms with Crippen LogP contribution in [-0.4, -0.2) is 76.9 Å². The van der Waals surface area contributed by atoms with Crippen LogP contribution >= 0.6 is 0 Å². The van der Waals surface area contributed by atoms with Crippen LogP contribution in [-0.2, 0) is 0 Å². The first-order valence-corrected chi connectivity index (χ1v) is 11.3. The summed E-state index contributed by atoms with van der Waals surface area (Å²) in [6, 6.07) is 14.3. The molecule has 0 unspecified atom stereocenters. The quantitative estimate of drug-likeness (QED) is 0.635. The fourth-order valence-electron chi connectivity index (χ4n) is 4.71. The van der Waals surface area contributed by atoms with E-state index < -0.39 is 17.3 Å². The molecule has 2 atom stereocenters. The van der Waals surface area contributed by atoms with Crippen LogP contribution in [0.1, 0.15) is 24.8 Å². The van der Waals surface area contributed by atoms with Crippen LogP contribution in [0.3, 0.4) is 0 Å². The number of anilines is 1. The number of likely N-dealkylation sites (tertiary alicyclic amines) is 1. The number of hydrogen-bond acceptors (Lipinski definition) is 6. The Hall–Kier alpha value is -2.19. The van der Waals surface area contributed by atoms with Crippen LogP contribution in [0.4, 0.5) is 10.1 Å². The van der Waals surface area contributed by atoms with Crippen molar-refractivity contribution in [3.63, 3.8) is 0 Å². The normalized spacial score (nSPS) is 26.2. The number of piperidine rings is 2. The van der Waals surface area contributed by atoms with Crippen LogP contribution in [0, 0.1) is 12.7 Å². The number of halogens is 1. The molecule has 4 rings (SSSR count). The first kappa shape index (κ1) is 23.0. The van der Waals surface area contributed by atoms with Crippen molar-refractivity contribution >= 4 is 5.69 Å². The SMILES string of the molecule is Cc1ccc(OC[C@@]2(O)CN(CC3(O)CCN(c4ccccc4F)CC3)CC[C@@H]2O)cc1. The molecule has 2 aliphatic rings. The van der Waals surface area contributed by atoms with Crippen molar-refractivity contribution < 1.29 is 24.4 Å². The summed E-state index contributed by atoms with van der Waals surface area (Å²) in [6.45, 7) is 4.31. The molecular formula is C25H33FN2O4.